The Morgan fingerprint density at radius 1 is 1.67 bits per heavy atom. The largest absolute Gasteiger partial charge is 0.147 e. The summed E-state index contributed by atoms with van der Waals surface area (Å²) in [6.45, 7) is 1.95. The van der Waals surface area contributed by atoms with Crippen molar-refractivity contribution >= 4 is 24.0 Å². The lowest BCUT2D eigenvalue weighted by molar-refractivity contribution is 1.65. The topological polar surface area (TPSA) is 0 Å². The fourth-order valence-electron chi connectivity index (χ4n) is 0.0891. The molecule has 0 aromatic carbocycles. The minimum atomic E-state index is 0. The number of allylic oxidation sites excluding steroid dienone is 2. The van der Waals surface area contributed by atoms with Crippen LogP contribution in [0.3, 0.4) is 0 Å². The molecule has 0 saturated heterocycles. The second-order valence-electron chi connectivity index (χ2n) is 0.723. The van der Waals surface area contributed by atoms with E-state index in [0.29, 0.717) is 5.88 Å². The van der Waals surface area contributed by atoms with Crippen LogP contribution in [0.1, 0.15) is 6.92 Å². The number of alkyl halides is 1. The average Bonchev–Trinajstić information content (AvgIpc) is 1.41. The number of hydrogen-bond donors (Lipinski definition) is 0. The van der Waals surface area contributed by atoms with Crippen LogP contribution in [0.2, 0.25) is 0 Å². The van der Waals surface area contributed by atoms with Crippen LogP contribution in [0.5, 0.6) is 0 Å². The molecule has 0 N–H and O–H groups in total. The van der Waals surface area contributed by atoms with E-state index in [1.807, 2.05) is 19.1 Å². The van der Waals surface area contributed by atoms with Crippen LogP contribution >= 0.6 is 24.0 Å². The number of rotatable bonds is 1. The molecule has 0 spiro atoms. The Labute approximate surface area is 49.6 Å². The second kappa shape index (κ2) is 9.01. The van der Waals surface area contributed by atoms with Crippen LogP contribution in [-0.4, -0.2) is 5.88 Å². The minimum absolute atomic E-state index is 0. The first kappa shape index (κ1) is 9.58. The second-order valence-corrected chi connectivity index (χ2v) is 1.03. The summed E-state index contributed by atoms with van der Waals surface area (Å²) in [6, 6.07) is 0. The predicted octanol–water partition coefficient (Wildman–Crippen LogP) is 2.22. The molecule has 0 atom stereocenters. The third-order valence-electron chi connectivity index (χ3n) is 0.325. The first-order valence-electron chi connectivity index (χ1n) is 1.59. The molecule has 6 heavy (non-hydrogen) atoms. The molecule has 2 heteroatoms. The molecular weight excluding hydrogens is 119 g/mol. The maximum absolute atomic E-state index is 5.21. The monoisotopic (exact) mass is 126 g/mol. The van der Waals surface area contributed by atoms with E-state index in [4.69, 9.17) is 11.6 Å². The van der Waals surface area contributed by atoms with E-state index in [-0.39, 0.29) is 12.4 Å². The fourth-order valence-corrected chi connectivity index (χ4v) is 0.267. The summed E-state index contributed by atoms with van der Waals surface area (Å²) < 4.78 is 0. The van der Waals surface area contributed by atoms with Crippen molar-refractivity contribution in [2.45, 2.75) is 6.92 Å². The molecule has 0 amide bonds. The van der Waals surface area contributed by atoms with E-state index in [9.17, 15) is 0 Å². The van der Waals surface area contributed by atoms with Crippen LogP contribution in [0.15, 0.2) is 12.2 Å². The van der Waals surface area contributed by atoms with Crippen molar-refractivity contribution in [2.24, 2.45) is 0 Å². The maximum Gasteiger partial charge on any atom is 0.0404 e. The number of hydrogen-bond acceptors (Lipinski definition) is 0. The summed E-state index contributed by atoms with van der Waals surface area (Å²) in [5.41, 5.74) is 0. The molecule has 0 aliphatic carbocycles. The van der Waals surface area contributed by atoms with E-state index in [1.54, 1.807) is 0 Å². The van der Waals surface area contributed by atoms with Crippen molar-refractivity contribution in [1.29, 1.82) is 0 Å². The lowest BCUT2D eigenvalue weighted by Crippen LogP contribution is -1.50. The van der Waals surface area contributed by atoms with Gasteiger partial charge in [-0.25, -0.2) is 0 Å². The van der Waals surface area contributed by atoms with Gasteiger partial charge in [-0.3, -0.25) is 0 Å². The van der Waals surface area contributed by atoms with Gasteiger partial charge >= 0.3 is 0 Å². The molecular formula is C4H8Cl2. The van der Waals surface area contributed by atoms with Crippen molar-refractivity contribution in [3.63, 3.8) is 0 Å². The van der Waals surface area contributed by atoms with E-state index in [0.717, 1.165) is 0 Å². The van der Waals surface area contributed by atoms with Crippen molar-refractivity contribution in [3.8, 4) is 0 Å². The standard InChI is InChI=1S/C4H7Cl.ClH/c1-2-3-4-5;/h2-3H,4H2,1H3;1H. The summed E-state index contributed by atoms with van der Waals surface area (Å²) in [7, 11) is 0. The Bertz CT molecular complexity index is 32.5. The minimum Gasteiger partial charge on any atom is -0.147 e. The van der Waals surface area contributed by atoms with E-state index in [1.165, 1.54) is 0 Å². The quantitative estimate of drug-likeness (QED) is 0.374. The number of halogens is 2. The van der Waals surface area contributed by atoms with Crippen molar-refractivity contribution in [1.82, 2.24) is 0 Å². The van der Waals surface area contributed by atoms with E-state index in [2.05, 4.69) is 0 Å². The summed E-state index contributed by atoms with van der Waals surface area (Å²) >= 11 is 5.21. The Balaban J connectivity index is 0. The zero-order valence-corrected chi connectivity index (χ0v) is 5.22. The molecule has 0 rings (SSSR count). The van der Waals surface area contributed by atoms with Gasteiger partial charge in [0.15, 0.2) is 0 Å². The van der Waals surface area contributed by atoms with E-state index >= 15 is 0 Å². The summed E-state index contributed by atoms with van der Waals surface area (Å²) in [6.07, 6.45) is 3.81. The Morgan fingerprint density at radius 3 is 2.17 bits per heavy atom. The highest BCUT2D eigenvalue weighted by Crippen LogP contribution is 1.73. The van der Waals surface area contributed by atoms with Gasteiger partial charge < -0.3 is 0 Å². The first-order chi connectivity index (χ1) is 2.41. The Hall–Kier alpha value is 0.320. The molecule has 0 aliphatic heterocycles. The maximum atomic E-state index is 5.21. The van der Waals surface area contributed by atoms with Gasteiger partial charge in [-0.1, -0.05) is 12.2 Å². The highest BCUT2D eigenvalue weighted by molar-refractivity contribution is 6.18. The molecule has 0 heterocycles. The SMILES string of the molecule is CC=CCCl.Cl. The molecule has 0 unspecified atom stereocenters. The molecule has 0 fully saturated rings. The van der Waals surface area contributed by atoms with Gasteiger partial charge in [0.1, 0.15) is 0 Å². The summed E-state index contributed by atoms with van der Waals surface area (Å²) in [5.74, 6) is 0.635. The third-order valence-corrected chi connectivity index (χ3v) is 0.503. The Morgan fingerprint density at radius 2 is 2.17 bits per heavy atom. The van der Waals surface area contributed by atoms with Gasteiger partial charge in [-0.15, -0.1) is 24.0 Å². The zero-order chi connectivity index (χ0) is 4.12. The molecule has 0 aromatic heterocycles. The molecule has 0 radical (unpaired) electrons. The highest BCUT2D eigenvalue weighted by Gasteiger charge is 1.54. The summed E-state index contributed by atoms with van der Waals surface area (Å²) in [4.78, 5) is 0. The van der Waals surface area contributed by atoms with Gasteiger partial charge in [-0.2, -0.15) is 0 Å². The molecule has 0 aromatic rings. The molecule has 0 nitrogen and oxygen atoms in total. The summed E-state index contributed by atoms with van der Waals surface area (Å²) in [5, 5.41) is 0. The lowest BCUT2D eigenvalue weighted by Gasteiger charge is -1.63. The molecule has 38 valence electrons. The highest BCUT2D eigenvalue weighted by atomic mass is 35.5. The predicted molar refractivity (Wildman–Crippen MR) is 32.8 cm³/mol. The van der Waals surface area contributed by atoms with Crippen LogP contribution in [0, 0.1) is 0 Å². The van der Waals surface area contributed by atoms with Crippen LogP contribution in [0.25, 0.3) is 0 Å². The van der Waals surface area contributed by atoms with Crippen molar-refractivity contribution in [3.05, 3.63) is 12.2 Å². The van der Waals surface area contributed by atoms with Gasteiger partial charge in [0, 0.05) is 5.88 Å². The Kier molecular flexibility index (Phi) is 14.4. The van der Waals surface area contributed by atoms with Crippen LogP contribution < -0.4 is 0 Å². The fraction of sp³-hybridized carbons (Fsp3) is 0.500. The van der Waals surface area contributed by atoms with Crippen molar-refractivity contribution in [2.75, 3.05) is 5.88 Å². The first-order valence-corrected chi connectivity index (χ1v) is 2.12. The molecule has 0 saturated carbocycles. The lowest BCUT2D eigenvalue weighted by atomic mass is 10.6. The van der Waals surface area contributed by atoms with Gasteiger partial charge in [-0.05, 0) is 6.92 Å². The zero-order valence-electron chi connectivity index (χ0n) is 3.65. The smallest absolute Gasteiger partial charge is 0.0404 e. The van der Waals surface area contributed by atoms with Crippen LogP contribution in [0.4, 0.5) is 0 Å². The normalized spacial score (nSPS) is 8.33. The average molecular weight is 127 g/mol. The van der Waals surface area contributed by atoms with E-state index < -0.39 is 0 Å². The van der Waals surface area contributed by atoms with Crippen LogP contribution in [-0.2, 0) is 0 Å². The van der Waals surface area contributed by atoms with Gasteiger partial charge in [0.05, 0.1) is 0 Å². The molecule has 0 bridgehead atoms. The van der Waals surface area contributed by atoms with Crippen molar-refractivity contribution < 1.29 is 0 Å². The van der Waals surface area contributed by atoms with Gasteiger partial charge in [0.2, 0.25) is 0 Å². The van der Waals surface area contributed by atoms with Gasteiger partial charge in [0.25, 0.3) is 0 Å². The molecule has 0 aliphatic rings. The third kappa shape index (κ3) is 8.85.